The van der Waals surface area contributed by atoms with Gasteiger partial charge in [-0.25, -0.2) is 4.39 Å². The Morgan fingerprint density at radius 2 is 2.05 bits per heavy atom. The third-order valence-corrected chi connectivity index (χ3v) is 3.57. The van der Waals surface area contributed by atoms with Crippen LogP contribution < -0.4 is 0 Å². The molecular formula is C17H19FN2O. The van der Waals surface area contributed by atoms with Crippen LogP contribution in [0, 0.1) is 38.4 Å². The Bertz CT molecular complexity index is 708. The molecule has 21 heavy (non-hydrogen) atoms. The first-order valence-electron chi connectivity index (χ1n) is 6.91. The first-order chi connectivity index (χ1) is 10.0. The molecule has 3 nitrogen and oxygen atoms in total. The van der Waals surface area contributed by atoms with Crippen LogP contribution in [0.4, 0.5) is 4.39 Å². The summed E-state index contributed by atoms with van der Waals surface area (Å²) in [5, 5.41) is 13.2. The Morgan fingerprint density at radius 3 is 2.67 bits per heavy atom. The van der Waals surface area contributed by atoms with E-state index in [1.807, 2.05) is 25.5 Å². The number of rotatable bonds is 3. The SMILES string of the molecule is Cc1nn(Cc2ccc(F)c(C#CCCO)c2)c(C)c1C. The lowest BCUT2D eigenvalue weighted by Crippen LogP contribution is -2.04. The predicted octanol–water partition coefficient (Wildman–Crippen LogP) is 2.73. The molecule has 0 saturated heterocycles. The number of aryl methyl sites for hydroxylation is 1. The average Bonchev–Trinajstić information content (AvgIpc) is 2.70. The van der Waals surface area contributed by atoms with E-state index >= 15 is 0 Å². The molecule has 2 rings (SSSR count). The normalized spacial score (nSPS) is 10.3. The van der Waals surface area contributed by atoms with E-state index in [9.17, 15) is 4.39 Å². The number of nitrogens with zero attached hydrogens (tertiary/aromatic N) is 2. The van der Waals surface area contributed by atoms with E-state index in [2.05, 4.69) is 16.9 Å². The number of hydrogen-bond acceptors (Lipinski definition) is 2. The van der Waals surface area contributed by atoms with E-state index in [-0.39, 0.29) is 12.4 Å². The summed E-state index contributed by atoms with van der Waals surface area (Å²) >= 11 is 0. The van der Waals surface area contributed by atoms with Crippen molar-refractivity contribution in [3.05, 3.63) is 52.1 Å². The number of halogens is 1. The van der Waals surface area contributed by atoms with Crippen molar-refractivity contribution in [3.8, 4) is 11.8 Å². The predicted molar refractivity (Wildman–Crippen MR) is 80.5 cm³/mol. The molecule has 1 aromatic heterocycles. The lowest BCUT2D eigenvalue weighted by molar-refractivity contribution is 0.305. The molecule has 1 aromatic carbocycles. The van der Waals surface area contributed by atoms with Crippen molar-refractivity contribution in [1.29, 1.82) is 0 Å². The standard InChI is InChI=1S/C17H19FN2O/c1-12-13(2)19-20(14(12)3)11-15-7-8-17(18)16(10-15)6-4-5-9-21/h7-8,10,21H,5,9,11H2,1-3H3. The van der Waals surface area contributed by atoms with Crippen molar-refractivity contribution < 1.29 is 9.50 Å². The maximum atomic E-state index is 13.7. The van der Waals surface area contributed by atoms with Crippen LogP contribution in [0.5, 0.6) is 0 Å². The molecule has 0 aliphatic carbocycles. The van der Waals surface area contributed by atoms with Gasteiger partial charge >= 0.3 is 0 Å². The molecule has 1 heterocycles. The fraction of sp³-hybridized carbons (Fsp3) is 0.353. The highest BCUT2D eigenvalue weighted by Crippen LogP contribution is 2.15. The van der Waals surface area contributed by atoms with E-state index in [1.165, 1.54) is 11.6 Å². The summed E-state index contributed by atoms with van der Waals surface area (Å²) in [6.45, 7) is 6.63. The molecule has 1 N–H and O–H groups in total. The fourth-order valence-electron chi connectivity index (χ4n) is 2.09. The van der Waals surface area contributed by atoms with Gasteiger partial charge in [-0.2, -0.15) is 5.10 Å². The van der Waals surface area contributed by atoms with Gasteiger partial charge in [0, 0.05) is 12.1 Å². The van der Waals surface area contributed by atoms with Crippen molar-refractivity contribution in [2.45, 2.75) is 33.7 Å². The molecule has 0 fully saturated rings. The molecule has 110 valence electrons. The first kappa shape index (κ1) is 15.3. The molecule has 4 heteroatoms. The summed E-state index contributed by atoms with van der Waals surface area (Å²) in [4.78, 5) is 0. The minimum absolute atomic E-state index is 0.0145. The number of aromatic nitrogens is 2. The topological polar surface area (TPSA) is 38.0 Å². The third-order valence-electron chi connectivity index (χ3n) is 3.57. The molecule has 0 spiro atoms. The molecule has 0 aliphatic rings. The van der Waals surface area contributed by atoms with E-state index in [4.69, 9.17) is 5.11 Å². The summed E-state index contributed by atoms with van der Waals surface area (Å²) in [6, 6.07) is 4.92. The minimum Gasteiger partial charge on any atom is -0.395 e. The van der Waals surface area contributed by atoms with Gasteiger partial charge in [-0.05, 0) is 44.0 Å². The number of hydrogen-bond donors (Lipinski definition) is 1. The number of benzene rings is 1. The number of aliphatic hydroxyl groups excluding tert-OH is 1. The van der Waals surface area contributed by atoms with Gasteiger partial charge in [0.1, 0.15) is 5.82 Å². The maximum absolute atomic E-state index is 13.7. The van der Waals surface area contributed by atoms with Crippen molar-refractivity contribution in [2.75, 3.05) is 6.61 Å². The van der Waals surface area contributed by atoms with Crippen LogP contribution in [0.1, 0.15) is 34.5 Å². The molecule has 0 unspecified atom stereocenters. The number of aliphatic hydroxyl groups is 1. The van der Waals surface area contributed by atoms with Crippen molar-refractivity contribution in [2.24, 2.45) is 0 Å². The van der Waals surface area contributed by atoms with Gasteiger partial charge < -0.3 is 5.11 Å². The van der Waals surface area contributed by atoms with Crippen LogP contribution in [-0.4, -0.2) is 21.5 Å². The van der Waals surface area contributed by atoms with Crippen LogP contribution in [0.25, 0.3) is 0 Å². The van der Waals surface area contributed by atoms with Crippen LogP contribution in [0.15, 0.2) is 18.2 Å². The Kier molecular flexibility index (Phi) is 4.77. The van der Waals surface area contributed by atoms with Gasteiger partial charge in [0.2, 0.25) is 0 Å². The van der Waals surface area contributed by atoms with Gasteiger partial charge in [0.15, 0.2) is 0 Å². The Balaban J connectivity index is 2.27. The average molecular weight is 286 g/mol. The largest absolute Gasteiger partial charge is 0.395 e. The van der Waals surface area contributed by atoms with Crippen LogP contribution >= 0.6 is 0 Å². The maximum Gasteiger partial charge on any atom is 0.138 e. The second-order valence-electron chi connectivity index (χ2n) is 5.04. The van der Waals surface area contributed by atoms with Gasteiger partial charge in [-0.3, -0.25) is 4.68 Å². The molecule has 0 saturated carbocycles. The minimum atomic E-state index is -0.339. The van der Waals surface area contributed by atoms with Gasteiger partial charge in [-0.1, -0.05) is 17.9 Å². The molecule has 0 radical (unpaired) electrons. The summed E-state index contributed by atoms with van der Waals surface area (Å²) in [5.41, 5.74) is 4.62. The van der Waals surface area contributed by atoms with E-state index < -0.39 is 0 Å². The lowest BCUT2D eigenvalue weighted by atomic mass is 10.1. The van der Waals surface area contributed by atoms with Crippen LogP contribution in [0.2, 0.25) is 0 Å². The molecule has 2 aromatic rings. The fourth-order valence-corrected chi connectivity index (χ4v) is 2.09. The molecule has 0 aliphatic heterocycles. The Labute approximate surface area is 124 Å². The smallest absolute Gasteiger partial charge is 0.138 e. The summed E-state index contributed by atoms with van der Waals surface area (Å²) in [7, 11) is 0. The quantitative estimate of drug-likeness (QED) is 0.881. The van der Waals surface area contributed by atoms with Crippen LogP contribution in [-0.2, 0) is 6.54 Å². The lowest BCUT2D eigenvalue weighted by Gasteiger charge is -2.06. The van der Waals surface area contributed by atoms with Crippen molar-refractivity contribution in [1.82, 2.24) is 9.78 Å². The highest BCUT2D eigenvalue weighted by Gasteiger charge is 2.08. The summed E-state index contributed by atoms with van der Waals surface area (Å²) in [6.07, 6.45) is 0.348. The monoisotopic (exact) mass is 286 g/mol. The second kappa shape index (κ2) is 6.55. The summed E-state index contributed by atoms with van der Waals surface area (Å²) in [5.74, 6) is 5.16. The molecule has 0 amide bonds. The van der Waals surface area contributed by atoms with Crippen molar-refractivity contribution in [3.63, 3.8) is 0 Å². The first-order valence-corrected chi connectivity index (χ1v) is 6.91. The van der Waals surface area contributed by atoms with Gasteiger partial charge in [0.05, 0.1) is 24.4 Å². The molecule has 0 bridgehead atoms. The van der Waals surface area contributed by atoms with E-state index in [1.54, 1.807) is 12.1 Å². The highest BCUT2D eigenvalue weighted by molar-refractivity contribution is 5.38. The van der Waals surface area contributed by atoms with Crippen molar-refractivity contribution >= 4 is 0 Å². The zero-order valence-corrected chi connectivity index (χ0v) is 12.6. The molecule has 0 atom stereocenters. The molecular weight excluding hydrogens is 267 g/mol. The third kappa shape index (κ3) is 3.50. The van der Waals surface area contributed by atoms with E-state index in [0.29, 0.717) is 18.5 Å². The van der Waals surface area contributed by atoms with E-state index in [0.717, 1.165) is 17.0 Å². The zero-order valence-electron chi connectivity index (χ0n) is 12.6. The summed E-state index contributed by atoms with van der Waals surface area (Å²) < 4.78 is 15.6. The second-order valence-corrected chi connectivity index (χ2v) is 5.04. The van der Waals surface area contributed by atoms with Crippen LogP contribution in [0.3, 0.4) is 0 Å². The highest BCUT2D eigenvalue weighted by atomic mass is 19.1. The van der Waals surface area contributed by atoms with Gasteiger partial charge in [0.25, 0.3) is 0 Å². The zero-order chi connectivity index (χ0) is 15.4. The Morgan fingerprint density at radius 1 is 1.29 bits per heavy atom. The van der Waals surface area contributed by atoms with Gasteiger partial charge in [-0.15, -0.1) is 0 Å². The Hall–Kier alpha value is -2.12.